The standard InChI is InChI=1S/C23H32N2O2/c1-22(9-4-7-19(22)20-16-24-12-13-25-20)10-8-17-5-3-6-18-15-21(26)27-14-11-23(17,18)2/h7,12-13,16-18H,3-6,8-11,14-15H2,1-2H3. The SMILES string of the molecule is CC1(CCC2CCCC3CC(=O)OCCC23C)CCC=C1c1cnccn1. The minimum Gasteiger partial charge on any atom is -0.466 e. The van der Waals surface area contributed by atoms with E-state index in [-0.39, 0.29) is 16.8 Å². The summed E-state index contributed by atoms with van der Waals surface area (Å²) in [5, 5.41) is 0. The lowest BCUT2D eigenvalue weighted by atomic mass is 9.57. The zero-order valence-electron chi connectivity index (χ0n) is 16.7. The number of aromatic nitrogens is 2. The third-order valence-electron chi connectivity index (χ3n) is 7.87. The van der Waals surface area contributed by atoms with Crippen LogP contribution in [0, 0.1) is 22.7 Å². The number of cyclic esters (lactones) is 1. The molecular formula is C23H32N2O2. The van der Waals surface area contributed by atoms with Gasteiger partial charge in [-0.2, -0.15) is 0 Å². The van der Waals surface area contributed by atoms with Gasteiger partial charge in [0.05, 0.1) is 18.5 Å². The molecule has 27 heavy (non-hydrogen) atoms. The second kappa shape index (κ2) is 7.37. The smallest absolute Gasteiger partial charge is 0.306 e. The molecule has 1 saturated heterocycles. The molecular weight excluding hydrogens is 336 g/mol. The van der Waals surface area contributed by atoms with E-state index < -0.39 is 0 Å². The van der Waals surface area contributed by atoms with Crippen LogP contribution in [0.15, 0.2) is 24.7 Å². The zero-order valence-corrected chi connectivity index (χ0v) is 16.7. The molecule has 4 unspecified atom stereocenters. The van der Waals surface area contributed by atoms with Crippen LogP contribution in [-0.4, -0.2) is 22.5 Å². The van der Waals surface area contributed by atoms with Crippen molar-refractivity contribution in [3.63, 3.8) is 0 Å². The van der Waals surface area contributed by atoms with E-state index in [1.54, 1.807) is 12.4 Å². The molecule has 4 heteroatoms. The number of ether oxygens (including phenoxy) is 1. The van der Waals surface area contributed by atoms with Gasteiger partial charge in [-0.3, -0.25) is 14.8 Å². The molecule has 4 atom stereocenters. The normalized spacial score (nSPS) is 36.5. The summed E-state index contributed by atoms with van der Waals surface area (Å²) in [5.41, 5.74) is 2.86. The van der Waals surface area contributed by atoms with Crippen LogP contribution < -0.4 is 0 Å². The van der Waals surface area contributed by atoms with Crippen molar-refractivity contribution in [2.75, 3.05) is 6.61 Å². The molecule has 1 saturated carbocycles. The molecule has 1 aliphatic heterocycles. The van der Waals surface area contributed by atoms with E-state index in [0.717, 1.165) is 18.5 Å². The highest BCUT2D eigenvalue weighted by Gasteiger charge is 2.46. The number of allylic oxidation sites excluding steroid dienone is 2. The molecule has 2 heterocycles. The Bertz CT molecular complexity index is 716. The Kier molecular flexibility index (Phi) is 5.09. The van der Waals surface area contributed by atoms with Gasteiger partial charge in [0.15, 0.2) is 0 Å². The lowest BCUT2D eigenvalue weighted by molar-refractivity contribution is -0.143. The molecule has 0 spiro atoms. The van der Waals surface area contributed by atoms with Gasteiger partial charge >= 0.3 is 5.97 Å². The molecule has 1 aromatic rings. The maximum atomic E-state index is 12.0. The number of esters is 1. The van der Waals surface area contributed by atoms with Gasteiger partial charge in [0.25, 0.3) is 0 Å². The Balaban J connectivity index is 1.49. The molecule has 0 bridgehead atoms. The average molecular weight is 369 g/mol. The maximum absolute atomic E-state index is 12.0. The first-order valence-corrected chi connectivity index (χ1v) is 10.6. The monoisotopic (exact) mass is 368 g/mol. The highest BCUT2D eigenvalue weighted by Crippen LogP contribution is 2.55. The highest BCUT2D eigenvalue weighted by atomic mass is 16.5. The minimum atomic E-state index is 0.0139. The van der Waals surface area contributed by atoms with Gasteiger partial charge < -0.3 is 4.74 Å². The first-order chi connectivity index (χ1) is 13.0. The molecule has 0 amide bonds. The van der Waals surface area contributed by atoms with Crippen LogP contribution in [0.5, 0.6) is 0 Å². The van der Waals surface area contributed by atoms with Crippen LogP contribution in [-0.2, 0) is 9.53 Å². The van der Waals surface area contributed by atoms with Gasteiger partial charge in [-0.25, -0.2) is 0 Å². The molecule has 146 valence electrons. The Morgan fingerprint density at radius 1 is 1.22 bits per heavy atom. The number of carbonyl (C=O) groups excluding carboxylic acids is 1. The van der Waals surface area contributed by atoms with Crippen LogP contribution in [0.4, 0.5) is 0 Å². The van der Waals surface area contributed by atoms with Crippen LogP contribution in [0.1, 0.15) is 77.3 Å². The maximum Gasteiger partial charge on any atom is 0.306 e. The molecule has 1 aromatic heterocycles. The van der Waals surface area contributed by atoms with Crippen LogP contribution in [0.3, 0.4) is 0 Å². The van der Waals surface area contributed by atoms with E-state index in [4.69, 9.17) is 4.74 Å². The van der Waals surface area contributed by atoms with Gasteiger partial charge in [0.1, 0.15) is 0 Å². The lowest BCUT2D eigenvalue weighted by Crippen LogP contribution is -2.39. The predicted molar refractivity (Wildman–Crippen MR) is 106 cm³/mol. The number of rotatable bonds is 4. The van der Waals surface area contributed by atoms with Crippen molar-refractivity contribution in [1.29, 1.82) is 0 Å². The average Bonchev–Trinajstić information content (AvgIpc) is 2.97. The number of hydrogen-bond donors (Lipinski definition) is 0. The van der Waals surface area contributed by atoms with Crippen LogP contribution >= 0.6 is 0 Å². The molecule has 0 radical (unpaired) electrons. The fraction of sp³-hybridized carbons (Fsp3) is 0.696. The van der Waals surface area contributed by atoms with Gasteiger partial charge in [-0.05, 0) is 73.2 Å². The summed E-state index contributed by atoms with van der Waals surface area (Å²) in [6.07, 6.45) is 17.9. The molecule has 4 rings (SSSR count). The molecule has 0 aromatic carbocycles. The first-order valence-electron chi connectivity index (χ1n) is 10.6. The van der Waals surface area contributed by atoms with E-state index in [2.05, 4.69) is 29.9 Å². The van der Waals surface area contributed by atoms with E-state index in [0.29, 0.717) is 24.9 Å². The molecule has 4 nitrogen and oxygen atoms in total. The lowest BCUT2D eigenvalue weighted by Gasteiger charge is -2.47. The Morgan fingerprint density at radius 3 is 2.93 bits per heavy atom. The molecule has 2 fully saturated rings. The predicted octanol–water partition coefficient (Wildman–Crippen LogP) is 5.20. The number of hydrogen-bond acceptors (Lipinski definition) is 4. The van der Waals surface area contributed by atoms with Crippen molar-refractivity contribution < 1.29 is 9.53 Å². The van der Waals surface area contributed by atoms with Crippen LogP contribution in [0.2, 0.25) is 0 Å². The number of carbonyl (C=O) groups is 1. The summed E-state index contributed by atoms with van der Waals surface area (Å²) < 4.78 is 5.42. The van der Waals surface area contributed by atoms with E-state index >= 15 is 0 Å². The van der Waals surface area contributed by atoms with Crippen molar-refractivity contribution >= 4 is 11.5 Å². The van der Waals surface area contributed by atoms with Crippen molar-refractivity contribution in [1.82, 2.24) is 9.97 Å². The summed E-state index contributed by atoms with van der Waals surface area (Å²) >= 11 is 0. The van der Waals surface area contributed by atoms with Crippen molar-refractivity contribution in [2.24, 2.45) is 22.7 Å². The largest absolute Gasteiger partial charge is 0.466 e. The second-order valence-electron chi connectivity index (χ2n) is 9.35. The Morgan fingerprint density at radius 2 is 2.11 bits per heavy atom. The fourth-order valence-electron chi connectivity index (χ4n) is 5.99. The fourth-order valence-corrected chi connectivity index (χ4v) is 5.99. The quantitative estimate of drug-likeness (QED) is 0.686. The summed E-state index contributed by atoms with van der Waals surface area (Å²) in [5.74, 6) is 1.20. The zero-order chi connectivity index (χ0) is 18.9. The van der Waals surface area contributed by atoms with Gasteiger partial charge in [0, 0.05) is 18.8 Å². The number of nitrogens with zero attached hydrogens (tertiary/aromatic N) is 2. The molecule has 0 N–H and O–H groups in total. The van der Waals surface area contributed by atoms with E-state index in [1.807, 2.05) is 6.20 Å². The van der Waals surface area contributed by atoms with Crippen molar-refractivity contribution in [3.05, 3.63) is 30.4 Å². The van der Waals surface area contributed by atoms with Crippen LogP contribution in [0.25, 0.3) is 5.57 Å². The Labute approximate surface area is 162 Å². The van der Waals surface area contributed by atoms with E-state index in [1.165, 1.54) is 44.1 Å². The summed E-state index contributed by atoms with van der Waals surface area (Å²) in [6.45, 7) is 5.44. The third-order valence-corrected chi connectivity index (χ3v) is 7.87. The molecule has 2 aliphatic carbocycles. The van der Waals surface area contributed by atoms with Gasteiger partial charge in [-0.1, -0.05) is 26.3 Å². The van der Waals surface area contributed by atoms with Gasteiger partial charge in [-0.15, -0.1) is 0 Å². The second-order valence-corrected chi connectivity index (χ2v) is 9.35. The highest BCUT2D eigenvalue weighted by molar-refractivity contribution is 5.70. The number of fused-ring (bicyclic) bond motifs is 1. The van der Waals surface area contributed by atoms with Gasteiger partial charge in [0.2, 0.25) is 0 Å². The summed E-state index contributed by atoms with van der Waals surface area (Å²) in [6, 6.07) is 0. The molecule has 3 aliphatic rings. The summed E-state index contributed by atoms with van der Waals surface area (Å²) in [7, 11) is 0. The van der Waals surface area contributed by atoms with Crippen molar-refractivity contribution in [3.8, 4) is 0 Å². The summed E-state index contributed by atoms with van der Waals surface area (Å²) in [4.78, 5) is 20.8. The van der Waals surface area contributed by atoms with Crippen molar-refractivity contribution in [2.45, 2.75) is 71.6 Å². The third kappa shape index (κ3) is 3.55. The van der Waals surface area contributed by atoms with E-state index in [9.17, 15) is 4.79 Å². The topological polar surface area (TPSA) is 52.1 Å². The minimum absolute atomic E-state index is 0.0139. The first kappa shape index (κ1) is 18.6. The Hall–Kier alpha value is -1.71.